The molecule has 0 atom stereocenters. The van der Waals surface area contributed by atoms with E-state index in [1.807, 2.05) is 12.1 Å². The largest absolute Gasteiger partial charge is 1.00 e. The highest BCUT2D eigenvalue weighted by molar-refractivity contribution is 6.29. The fraction of sp³-hybridized carbons (Fsp3) is 0.421. The number of aromatic nitrogens is 3. The summed E-state index contributed by atoms with van der Waals surface area (Å²) >= 11 is 6.13. The molecule has 150 valence electrons. The molecule has 9 heteroatoms. The predicted molar refractivity (Wildman–Crippen MR) is 103 cm³/mol. The van der Waals surface area contributed by atoms with Gasteiger partial charge in [-0.05, 0) is 25.0 Å². The van der Waals surface area contributed by atoms with Gasteiger partial charge in [0, 0.05) is 13.0 Å². The molecule has 28 heavy (non-hydrogen) atoms. The zero-order valence-electron chi connectivity index (χ0n) is 15.6. The average Bonchev–Trinajstić information content (AvgIpc) is 3.23. The Morgan fingerprint density at radius 1 is 1.43 bits per heavy atom. The molecular formula is C19H23Cl2N5O2. The molecule has 0 saturated heterocycles. The van der Waals surface area contributed by atoms with Gasteiger partial charge in [-0.1, -0.05) is 30.9 Å². The van der Waals surface area contributed by atoms with Crippen LogP contribution in [0.4, 0.5) is 11.6 Å². The molecule has 0 radical (unpaired) electrons. The molecule has 7 nitrogen and oxygen atoms in total. The normalized spacial score (nSPS) is 14.8. The maximum atomic E-state index is 12.5. The molecule has 0 spiro atoms. The first-order valence-electron chi connectivity index (χ1n) is 9.26. The van der Waals surface area contributed by atoms with E-state index in [2.05, 4.69) is 10.3 Å². The Balaban J connectivity index is 0.00000225. The highest BCUT2D eigenvalue weighted by Gasteiger charge is 2.31. The first-order chi connectivity index (χ1) is 13.0. The van der Waals surface area contributed by atoms with E-state index in [1.165, 1.54) is 26.2 Å². The van der Waals surface area contributed by atoms with E-state index in [-0.39, 0.29) is 23.5 Å². The number of furan rings is 1. The van der Waals surface area contributed by atoms with E-state index in [0.29, 0.717) is 24.1 Å². The molecule has 1 aliphatic rings. The van der Waals surface area contributed by atoms with Crippen molar-refractivity contribution >= 4 is 34.9 Å². The highest BCUT2D eigenvalue weighted by atomic mass is 35.5. The van der Waals surface area contributed by atoms with Gasteiger partial charge < -0.3 is 27.9 Å². The summed E-state index contributed by atoms with van der Waals surface area (Å²) in [6.07, 6.45) is 7.91. The second kappa shape index (κ2) is 8.41. The number of nitrogen functional groups attached to an aromatic ring is 1. The standard InChI is InChI=1S/C19H22ClN5O2.ClH/c1-12(26)24-15(10-14-8-5-9-27-14)18(22-13-6-3-2-4-7-13)25-17(21)11-16(20)23-19(24)25;/h5,8-9,11,13,21-22H,2-4,6-7,10H2,1H3;1H. The summed E-state index contributed by atoms with van der Waals surface area (Å²) in [5.41, 5.74) is 7.04. The smallest absolute Gasteiger partial charge is 0.341 e. The molecule has 0 amide bonds. The van der Waals surface area contributed by atoms with Gasteiger partial charge in [-0.25, -0.2) is 0 Å². The van der Waals surface area contributed by atoms with Crippen LogP contribution >= 0.6 is 11.6 Å². The first-order valence-corrected chi connectivity index (χ1v) is 9.63. The number of halogens is 2. The molecule has 3 N–H and O–H groups in total. The number of imidazole rings is 1. The maximum absolute atomic E-state index is 12.5. The molecule has 1 fully saturated rings. The number of nitrogens with zero attached hydrogens (tertiary/aromatic N) is 3. The third-order valence-corrected chi connectivity index (χ3v) is 5.28. The number of anilines is 2. The van der Waals surface area contributed by atoms with Crippen molar-refractivity contribution < 1.29 is 26.0 Å². The van der Waals surface area contributed by atoms with Crippen LogP contribution in [0, 0.1) is 0 Å². The lowest BCUT2D eigenvalue weighted by molar-refractivity contribution is -0.481. The van der Waals surface area contributed by atoms with Crippen LogP contribution < -0.4 is 27.9 Å². The zero-order chi connectivity index (χ0) is 19.0. The third kappa shape index (κ3) is 3.82. The topological polar surface area (TPSA) is 90.2 Å². The van der Waals surface area contributed by atoms with E-state index in [9.17, 15) is 4.79 Å². The summed E-state index contributed by atoms with van der Waals surface area (Å²) in [5, 5.41) is 3.88. The SMILES string of the molecule is CC(=O)n1c(Cc2ccco2)c(NC2CCCCC2)[n+]2c(N)cc(Cl)nc12.[Cl-]. The summed E-state index contributed by atoms with van der Waals surface area (Å²) in [7, 11) is 0. The highest BCUT2D eigenvalue weighted by Crippen LogP contribution is 2.26. The van der Waals surface area contributed by atoms with Crippen LogP contribution in [-0.4, -0.2) is 21.5 Å². The van der Waals surface area contributed by atoms with E-state index in [1.54, 1.807) is 21.3 Å². The van der Waals surface area contributed by atoms with Crippen molar-refractivity contribution in [3.8, 4) is 0 Å². The lowest BCUT2D eigenvalue weighted by Gasteiger charge is -2.21. The molecule has 4 rings (SSSR count). The fourth-order valence-corrected chi connectivity index (χ4v) is 4.06. The molecule has 1 saturated carbocycles. The van der Waals surface area contributed by atoms with E-state index in [4.69, 9.17) is 21.8 Å². The van der Waals surface area contributed by atoms with E-state index in [0.717, 1.165) is 30.1 Å². The minimum absolute atomic E-state index is 0. The van der Waals surface area contributed by atoms with Gasteiger partial charge in [0.2, 0.25) is 5.82 Å². The summed E-state index contributed by atoms with van der Waals surface area (Å²) in [4.78, 5) is 16.9. The van der Waals surface area contributed by atoms with Gasteiger partial charge in [0.05, 0.1) is 18.7 Å². The number of hydrogen-bond donors (Lipinski definition) is 2. The number of nitrogens with one attached hydrogen (secondary N) is 1. The maximum Gasteiger partial charge on any atom is 0.341 e. The van der Waals surface area contributed by atoms with Crippen molar-refractivity contribution in [2.75, 3.05) is 11.1 Å². The van der Waals surface area contributed by atoms with Gasteiger partial charge in [0.1, 0.15) is 11.5 Å². The van der Waals surface area contributed by atoms with E-state index >= 15 is 0 Å². The van der Waals surface area contributed by atoms with Crippen molar-refractivity contribution in [1.82, 2.24) is 9.55 Å². The van der Waals surface area contributed by atoms with Gasteiger partial charge in [0.15, 0.2) is 11.0 Å². The molecule has 0 unspecified atom stereocenters. The number of nitrogens with two attached hydrogens (primary N) is 1. The van der Waals surface area contributed by atoms with Gasteiger partial charge in [-0.15, -0.1) is 4.98 Å². The van der Waals surface area contributed by atoms with Crippen molar-refractivity contribution in [3.05, 3.63) is 41.1 Å². The van der Waals surface area contributed by atoms with Crippen LogP contribution in [-0.2, 0) is 6.42 Å². The molecular weight excluding hydrogens is 401 g/mol. The molecule has 0 aliphatic heterocycles. The minimum Gasteiger partial charge on any atom is -1.00 e. The Hall–Kier alpha value is -2.25. The molecule has 1 aliphatic carbocycles. The Bertz CT molecular complexity index is 978. The number of carbonyl (C=O) groups excluding carboxylic acids is 1. The lowest BCUT2D eigenvalue weighted by Crippen LogP contribution is -3.00. The van der Waals surface area contributed by atoms with Crippen molar-refractivity contribution in [1.29, 1.82) is 0 Å². The van der Waals surface area contributed by atoms with Crippen LogP contribution in [0.2, 0.25) is 5.15 Å². The quantitative estimate of drug-likeness (QED) is 0.469. The first kappa shape index (κ1) is 20.5. The van der Waals surface area contributed by atoms with Crippen LogP contribution in [0.25, 0.3) is 5.78 Å². The average molecular weight is 424 g/mol. The van der Waals surface area contributed by atoms with Crippen molar-refractivity contribution in [3.63, 3.8) is 0 Å². The van der Waals surface area contributed by atoms with Gasteiger partial charge >= 0.3 is 5.78 Å². The van der Waals surface area contributed by atoms with Crippen molar-refractivity contribution in [2.24, 2.45) is 0 Å². The van der Waals surface area contributed by atoms with E-state index < -0.39 is 0 Å². The number of hydrogen-bond acceptors (Lipinski definition) is 5. The Morgan fingerprint density at radius 2 is 2.18 bits per heavy atom. The third-order valence-electron chi connectivity index (χ3n) is 5.08. The van der Waals surface area contributed by atoms with Crippen LogP contribution in [0.15, 0.2) is 28.9 Å². The second-order valence-electron chi connectivity index (χ2n) is 7.02. The minimum atomic E-state index is -0.153. The predicted octanol–water partition coefficient (Wildman–Crippen LogP) is 0.450. The van der Waals surface area contributed by atoms with Gasteiger partial charge in [0.25, 0.3) is 5.91 Å². The van der Waals surface area contributed by atoms with Crippen molar-refractivity contribution in [2.45, 2.75) is 51.5 Å². The van der Waals surface area contributed by atoms with Crippen LogP contribution in [0.1, 0.15) is 55.3 Å². The lowest BCUT2D eigenvalue weighted by atomic mass is 9.95. The molecule has 0 aromatic carbocycles. The molecule has 3 heterocycles. The zero-order valence-corrected chi connectivity index (χ0v) is 17.1. The number of carbonyl (C=O) groups is 1. The number of rotatable bonds is 4. The summed E-state index contributed by atoms with van der Waals surface area (Å²) in [6, 6.07) is 5.66. The Labute approximate surface area is 174 Å². The number of fused-ring (bicyclic) bond motifs is 1. The second-order valence-corrected chi connectivity index (χ2v) is 7.41. The molecule has 3 aromatic heterocycles. The molecule has 3 aromatic rings. The van der Waals surface area contributed by atoms with Gasteiger partial charge in [-0.3, -0.25) is 4.79 Å². The van der Waals surface area contributed by atoms with Gasteiger partial charge in [-0.2, -0.15) is 8.97 Å². The summed E-state index contributed by atoms with van der Waals surface area (Å²) < 4.78 is 8.87. The van der Waals surface area contributed by atoms with Crippen LogP contribution in [0.3, 0.4) is 0 Å². The monoisotopic (exact) mass is 423 g/mol. The Kier molecular flexibility index (Phi) is 6.15. The summed E-state index contributed by atoms with van der Waals surface area (Å²) in [5.74, 6) is 2.23. The fourth-order valence-electron chi connectivity index (χ4n) is 3.87. The molecule has 0 bridgehead atoms. The van der Waals surface area contributed by atoms with Crippen LogP contribution in [0.5, 0.6) is 0 Å². The summed E-state index contributed by atoms with van der Waals surface area (Å²) in [6.45, 7) is 1.51. The Morgan fingerprint density at radius 3 is 2.82 bits per heavy atom.